The Bertz CT molecular complexity index is 1030. The van der Waals surface area contributed by atoms with Crippen molar-refractivity contribution in [1.82, 2.24) is 0 Å². The highest BCUT2D eigenvalue weighted by Crippen LogP contribution is 2.23. The van der Waals surface area contributed by atoms with E-state index in [1.807, 2.05) is 24.3 Å². The van der Waals surface area contributed by atoms with E-state index in [4.69, 9.17) is 18.9 Å². The van der Waals surface area contributed by atoms with Crippen molar-refractivity contribution in [3.8, 4) is 17.2 Å². The molecule has 0 saturated heterocycles. The molecule has 0 bridgehead atoms. The first-order valence-corrected chi connectivity index (χ1v) is 9.88. The van der Waals surface area contributed by atoms with Gasteiger partial charge in [0.2, 0.25) is 0 Å². The van der Waals surface area contributed by atoms with Gasteiger partial charge in [0.15, 0.2) is 5.92 Å². The smallest absolute Gasteiger partial charge is 0.325 e. The number of hydrogen-bond acceptors (Lipinski definition) is 6. The number of esters is 1. The number of carbonyl (C=O) groups excluding carboxylic acids is 1. The van der Waals surface area contributed by atoms with E-state index in [9.17, 15) is 14.7 Å². The van der Waals surface area contributed by atoms with Gasteiger partial charge in [-0.3, -0.25) is 9.59 Å². The minimum atomic E-state index is -1.43. The molecule has 0 aromatic heterocycles. The number of aliphatic carboxylic acids is 1. The quantitative estimate of drug-likeness (QED) is 0.376. The van der Waals surface area contributed by atoms with Crippen molar-refractivity contribution in [3.05, 3.63) is 89.5 Å². The Balaban J connectivity index is 1.59. The summed E-state index contributed by atoms with van der Waals surface area (Å²) in [5.41, 5.74) is 2.00. The number of carbonyl (C=O) groups is 2. The molecule has 0 fully saturated rings. The fourth-order valence-corrected chi connectivity index (χ4v) is 2.98. The van der Waals surface area contributed by atoms with Crippen LogP contribution < -0.4 is 14.2 Å². The van der Waals surface area contributed by atoms with Crippen molar-refractivity contribution in [3.63, 3.8) is 0 Å². The predicted molar refractivity (Wildman–Crippen MR) is 117 cm³/mol. The van der Waals surface area contributed by atoms with Crippen molar-refractivity contribution in [2.45, 2.75) is 19.1 Å². The van der Waals surface area contributed by atoms with Gasteiger partial charge in [-0.05, 0) is 53.1 Å². The summed E-state index contributed by atoms with van der Waals surface area (Å²) < 4.78 is 21.2. The van der Waals surface area contributed by atoms with E-state index in [-0.39, 0.29) is 6.61 Å². The highest BCUT2D eigenvalue weighted by atomic mass is 16.5. The minimum Gasteiger partial charge on any atom is -0.497 e. The average Bonchev–Trinajstić information content (AvgIpc) is 2.82. The van der Waals surface area contributed by atoms with Crippen LogP contribution in [0.15, 0.2) is 72.8 Å². The maximum absolute atomic E-state index is 12.5. The minimum absolute atomic E-state index is 0.0321. The van der Waals surface area contributed by atoms with Crippen LogP contribution in [0.1, 0.15) is 22.6 Å². The number of carboxylic acids is 1. The molecule has 7 heteroatoms. The van der Waals surface area contributed by atoms with Crippen molar-refractivity contribution in [1.29, 1.82) is 0 Å². The van der Waals surface area contributed by atoms with Crippen LogP contribution in [0, 0.1) is 0 Å². The van der Waals surface area contributed by atoms with Crippen molar-refractivity contribution < 1.29 is 33.6 Å². The Labute approximate surface area is 186 Å². The van der Waals surface area contributed by atoms with Crippen molar-refractivity contribution >= 4 is 11.9 Å². The first kappa shape index (κ1) is 22.7. The lowest BCUT2D eigenvalue weighted by Crippen LogP contribution is -2.23. The number of carboxylic acid groups (broad SMARTS) is 1. The highest BCUT2D eigenvalue weighted by Gasteiger charge is 2.30. The van der Waals surface area contributed by atoms with Crippen LogP contribution in [0.3, 0.4) is 0 Å². The summed E-state index contributed by atoms with van der Waals surface area (Å²) in [7, 11) is 3.16. The number of methoxy groups -OCH3 is 2. The standard InChI is InChI=1S/C25H24O7/c1-29-20-9-3-17(4-10-20)15-31-22-13-7-19(8-14-22)23(24(26)27)25(28)32-16-18-5-11-21(30-2)12-6-18/h3-14,23H,15-16H2,1-2H3,(H,26,27). The van der Waals surface area contributed by atoms with Gasteiger partial charge in [0.1, 0.15) is 30.5 Å². The zero-order valence-electron chi connectivity index (χ0n) is 17.8. The topological polar surface area (TPSA) is 91.3 Å². The third kappa shape index (κ3) is 6.01. The van der Waals surface area contributed by atoms with Gasteiger partial charge in [-0.15, -0.1) is 0 Å². The van der Waals surface area contributed by atoms with Crippen LogP contribution >= 0.6 is 0 Å². The molecule has 1 N–H and O–H groups in total. The molecule has 1 unspecified atom stereocenters. The van der Waals surface area contributed by atoms with Gasteiger partial charge < -0.3 is 24.1 Å². The van der Waals surface area contributed by atoms with Gasteiger partial charge in [-0.25, -0.2) is 0 Å². The highest BCUT2D eigenvalue weighted by molar-refractivity contribution is 5.99. The van der Waals surface area contributed by atoms with Crippen LogP contribution in [-0.2, 0) is 27.5 Å². The first-order chi connectivity index (χ1) is 15.5. The molecular weight excluding hydrogens is 412 g/mol. The summed E-state index contributed by atoms with van der Waals surface area (Å²) in [6.45, 7) is 0.311. The zero-order valence-corrected chi connectivity index (χ0v) is 17.8. The molecule has 0 aliphatic carbocycles. The summed E-state index contributed by atoms with van der Waals surface area (Å²) in [5, 5.41) is 9.57. The second kappa shape index (κ2) is 10.9. The Morgan fingerprint density at radius 3 is 1.66 bits per heavy atom. The van der Waals surface area contributed by atoms with Crippen LogP contribution in [0.2, 0.25) is 0 Å². The van der Waals surface area contributed by atoms with Crippen molar-refractivity contribution in [2.75, 3.05) is 14.2 Å². The molecule has 0 amide bonds. The fraction of sp³-hybridized carbons (Fsp3) is 0.200. The van der Waals surface area contributed by atoms with Gasteiger partial charge in [0, 0.05) is 0 Å². The average molecular weight is 436 g/mol. The van der Waals surface area contributed by atoms with Crippen LogP contribution in [0.5, 0.6) is 17.2 Å². The van der Waals surface area contributed by atoms with E-state index in [2.05, 4.69) is 0 Å². The van der Waals surface area contributed by atoms with Crippen molar-refractivity contribution in [2.24, 2.45) is 0 Å². The molecule has 166 valence electrons. The first-order valence-electron chi connectivity index (χ1n) is 9.88. The van der Waals surface area contributed by atoms with Crippen LogP contribution in [-0.4, -0.2) is 31.3 Å². The fourth-order valence-electron chi connectivity index (χ4n) is 2.98. The van der Waals surface area contributed by atoms with E-state index in [0.717, 1.165) is 16.9 Å². The van der Waals surface area contributed by atoms with Gasteiger partial charge in [-0.2, -0.15) is 0 Å². The summed E-state index contributed by atoms with van der Waals surface area (Å²) in [6.07, 6.45) is 0. The lowest BCUT2D eigenvalue weighted by molar-refractivity contribution is -0.155. The van der Waals surface area contributed by atoms with E-state index in [1.165, 1.54) is 0 Å². The maximum Gasteiger partial charge on any atom is 0.325 e. The summed E-state index contributed by atoms with van der Waals surface area (Å²) in [4.78, 5) is 24.2. The summed E-state index contributed by atoms with van der Waals surface area (Å²) in [6, 6.07) is 20.8. The molecule has 0 spiro atoms. The largest absolute Gasteiger partial charge is 0.497 e. The lowest BCUT2D eigenvalue weighted by Gasteiger charge is -2.14. The molecule has 0 radical (unpaired) electrons. The molecule has 0 aliphatic heterocycles. The Morgan fingerprint density at radius 2 is 1.19 bits per heavy atom. The zero-order chi connectivity index (χ0) is 22.9. The third-order valence-electron chi connectivity index (χ3n) is 4.80. The molecule has 7 nitrogen and oxygen atoms in total. The van der Waals surface area contributed by atoms with Crippen LogP contribution in [0.25, 0.3) is 0 Å². The number of rotatable bonds is 10. The molecule has 1 atom stereocenters. The monoisotopic (exact) mass is 436 g/mol. The third-order valence-corrected chi connectivity index (χ3v) is 4.80. The molecule has 3 aromatic rings. The van der Waals surface area contributed by atoms with E-state index in [0.29, 0.717) is 23.7 Å². The van der Waals surface area contributed by atoms with Gasteiger partial charge in [-0.1, -0.05) is 36.4 Å². The molecule has 3 rings (SSSR count). The lowest BCUT2D eigenvalue weighted by atomic mass is 9.99. The SMILES string of the molecule is COc1ccc(COC(=O)C(C(=O)O)c2ccc(OCc3ccc(OC)cc3)cc2)cc1. The van der Waals surface area contributed by atoms with E-state index in [1.54, 1.807) is 62.8 Å². The van der Waals surface area contributed by atoms with Crippen LogP contribution in [0.4, 0.5) is 0 Å². The van der Waals surface area contributed by atoms with E-state index >= 15 is 0 Å². The Morgan fingerprint density at radius 1 is 0.719 bits per heavy atom. The molecule has 3 aromatic carbocycles. The molecule has 0 saturated carbocycles. The van der Waals surface area contributed by atoms with E-state index < -0.39 is 17.9 Å². The summed E-state index contributed by atoms with van der Waals surface area (Å²) >= 11 is 0. The van der Waals surface area contributed by atoms with Gasteiger partial charge in [0.05, 0.1) is 14.2 Å². The number of benzene rings is 3. The Hall–Kier alpha value is -4.00. The summed E-state index contributed by atoms with van der Waals surface area (Å²) in [5.74, 6) is -1.55. The van der Waals surface area contributed by atoms with Gasteiger partial charge in [0.25, 0.3) is 0 Å². The number of hydrogen-bond donors (Lipinski definition) is 1. The maximum atomic E-state index is 12.5. The molecule has 0 heterocycles. The predicted octanol–water partition coefficient (Wildman–Crippen LogP) is 4.19. The molecule has 0 aliphatic rings. The number of ether oxygens (including phenoxy) is 4. The normalized spacial score (nSPS) is 11.3. The second-order valence-electron chi connectivity index (χ2n) is 6.93. The molecule has 32 heavy (non-hydrogen) atoms. The second-order valence-corrected chi connectivity index (χ2v) is 6.93. The van der Waals surface area contributed by atoms with Gasteiger partial charge >= 0.3 is 11.9 Å². The molecular formula is C25H24O7. The Kier molecular flexibility index (Phi) is 7.70.